The summed E-state index contributed by atoms with van der Waals surface area (Å²) in [6, 6.07) is 69.1. The first-order chi connectivity index (χ1) is 30.6. The predicted octanol–water partition coefficient (Wildman–Crippen LogP) is 14.5. The minimum atomic E-state index is -0.0451. The minimum absolute atomic E-state index is 0.0451. The average molecular weight is 806 g/mol. The average Bonchev–Trinajstić information content (AvgIpc) is 3.80. The fraction of sp³-hybridized carbons (Fsp3) is 0.155. The molecule has 62 heavy (non-hydrogen) atoms. The lowest BCUT2D eigenvalue weighted by atomic mass is 9.65. The van der Waals surface area contributed by atoms with E-state index in [1.807, 2.05) is 0 Å². The van der Waals surface area contributed by atoms with E-state index in [0.29, 0.717) is 5.92 Å². The molecule has 1 heterocycles. The lowest BCUT2D eigenvalue weighted by molar-refractivity contribution is -0.670. The second-order valence-corrected chi connectivity index (χ2v) is 16.9. The first kappa shape index (κ1) is 39.0. The van der Waals surface area contributed by atoms with Crippen molar-refractivity contribution in [1.29, 1.82) is 0 Å². The molecule has 7 aromatic carbocycles. The Kier molecular flexibility index (Phi) is 11.0. The maximum absolute atomic E-state index is 2.41. The van der Waals surface area contributed by atoms with Gasteiger partial charge in [-0.25, -0.2) is 9.13 Å². The Hall–Kier alpha value is -7.17. The van der Waals surface area contributed by atoms with E-state index < -0.39 is 0 Å². The van der Waals surface area contributed by atoms with Crippen LogP contribution in [0, 0.1) is 0 Å². The molecular weight excluding hydrogens is 753 g/mol. The van der Waals surface area contributed by atoms with Crippen molar-refractivity contribution >= 4 is 28.4 Å². The molecule has 1 saturated carbocycles. The van der Waals surface area contributed by atoms with Crippen LogP contribution in [0.15, 0.2) is 231 Å². The third-order valence-corrected chi connectivity index (χ3v) is 13.1. The van der Waals surface area contributed by atoms with Gasteiger partial charge in [0.1, 0.15) is 18.1 Å². The van der Waals surface area contributed by atoms with Gasteiger partial charge in [0, 0.05) is 45.5 Å². The number of para-hydroxylation sites is 1. The molecule has 0 saturated heterocycles. The van der Waals surface area contributed by atoms with E-state index in [0.717, 1.165) is 42.0 Å². The zero-order chi connectivity index (χ0) is 41.7. The Labute approximate surface area is 367 Å². The zero-order valence-corrected chi connectivity index (χ0v) is 35.5. The molecule has 304 valence electrons. The summed E-state index contributed by atoms with van der Waals surface area (Å²) in [5.74, 6) is 0.393. The third kappa shape index (κ3) is 7.92. The normalized spacial score (nSPS) is 15.8. The first-order valence-corrected chi connectivity index (χ1v) is 22.2. The van der Waals surface area contributed by atoms with E-state index in [-0.39, 0.29) is 5.41 Å². The van der Waals surface area contributed by atoms with Gasteiger partial charge >= 0.3 is 0 Å². The Morgan fingerprint density at radius 2 is 1.02 bits per heavy atom. The highest BCUT2D eigenvalue weighted by Gasteiger charge is 2.36. The van der Waals surface area contributed by atoms with E-state index >= 15 is 0 Å². The number of allylic oxidation sites excluding steroid dienone is 3. The van der Waals surface area contributed by atoms with Crippen LogP contribution in [-0.4, -0.2) is 4.57 Å². The van der Waals surface area contributed by atoms with Gasteiger partial charge in [0.25, 0.3) is 0 Å². The largest absolute Gasteiger partial charge is 0.311 e. The lowest BCUT2D eigenvalue weighted by Crippen LogP contribution is -2.30. The molecule has 0 bridgehead atoms. The van der Waals surface area contributed by atoms with Gasteiger partial charge in [0.15, 0.2) is 0 Å². The molecule has 2 aliphatic rings. The van der Waals surface area contributed by atoms with Gasteiger partial charge in [-0.3, -0.25) is 0 Å². The van der Waals surface area contributed by atoms with Crippen LogP contribution in [0.25, 0.3) is 16.8 Å². The van der Waals surface area contributed by atoms with Crippen LogP contribution in [0.1, 0.15) is 61.1 Å². The van der Waals surface area contributed by atoms with Gasteiger partial charge in [0.05, 0.1) is 7.05 Å². The highest BCUT2D eigenvalue weighted by Crippen LogP contribution is 2.47. The first-order valence-electron chi connectivity index (χ1n) is 22.2. The number of hydrogen-bond donors (Lipinski definition) is 0. The van der Waals surface area contributed by atoms with Crippen LogP contribution in [0.5, 0.6) is 0 Å². The van der Waals surface area contributed by atoms with Crippen molar-refractivity contribution in [3.8, 4) is 16.8 Å². The molecule has 1 aromatic heterocycles. The molecule has 0 aliphatic heterocycles. The van der Waals surface area contributed by atoms with Crippen molar-refractivity contribution in [3.63, 3.8) is 0 Å². The van der Waals surface area contributed by atoms with E-state index in [2.05, 4.69) is 251 Å². The molecule has 0 amide bonds. The van der Waals surface area contributed by atoms with Crippen molar-refractivity contribution in [2.75, 3.05) is 9.80 Å². The summed E-state index contributed by atoms with van der Waals surface area (Å²) in [4.78, 5) is 4.80. The smallest absolute Gasteiger partial charge is 0.248 e. The second-order valence-electron chi connectivity index (χ2n) is 16.9. The van der Waals surface area contributed by atoms with Crippen LogP contribution >= 0.6 is 0 Å². The number of nitrogens with zero attached hydrogens (tertiary/aromatic N) is 4. The summed E-state index contributed by atoms with van der Waals surface area (Å²) in [5.41, 5.74) is 14.6. The maximum atomic E-state index is 2.41. The molecule has 4 nitrogen and oxygen atoms in total. The predicted molar refractivity (Wildman–Crippen MR) is 257 cm³/mol. The van der Waals surface area contributed by atoms with Gasteiger partial charge in [-0.15, -0.1) is 0 Å². The van der Waals surface area contributed by atoms with Gasteiger partial charge in [-0.2, -0.15) is 0 Å². The SMILES string of the molecule is C[n+]1ccn(-c2ccc(N(c3ccc(-c4ccccc4)cc3)c3ccc(C4(c5ccc(N(C6=CCC(c7ccccc7)C=C6)c6ccccc6)cc5)CCCCC4)cc3)cc2)c1. The van der Waals surface area contributed by atoms with E-state index in [4.69, 9.17) is 0 Å². The zero-order valence-electron chi connectivity index (χ0n) is 35.5. The number of anilines is 5. The standard InChI is InChI=1S/C58H53N4/c1-59-42-43-60(44-59)51-36-38-57(39-37-51)62(54-30-22-48(23-31-54)46-16-8-3-9-17-46)56-34-26-50(27-35-56)58(40-12-5-13-41-58)49-24-32-55(33-25-49)61(52-18-10-4-11-19-52)53-28-20-47(21-29-53)45-14-6-2-7-15-45/h2-4,6-11,14-20,22-39,42-44,47H,5,12-13,21,40-41H2,1H3/q+1. The molecule has 0 spiro atoms. The van der Waals surface area contributed by atoms with Gasteiger partial charge in [-0.1, -0.05) is 147 Å². The summed E-state index contributed by atoms with van der Waals surface area (Å²) >= 11 is 0. The quantitative estimate of drug-likeness (QED) is 0.121. The van der Waals surface area contributed by atoms with Crippen LogP contribution in [0.4, 0.5) is 28.4 Å². The molecule has 10 rings (SSSR count). The van der Waals surface area contributed by atoms with E-state index in [1.54, 1.807) is 0 Å². The number of benzene rings is 7. The number of imidazole rings is 1. The maximum Gasteiger partial charge on any atom is 0.248 e. The number of aryl methyl sites for hydroxylation is 1. The highest BCUT2D eigenvalue weighted by molar-refractivity contribution is 5.79. The highest BCUT2D eigenvalue weighted by atomic mass is 15.2. The Morgan fingerprint density at radius 1 is 0.516 bits per heavy atom. The van der Waals surface area contributed by atoms with Crippen LogP contribution < -0.4 is 14.4 Å². The fourth-order valence-electron chi connectivity index (χ4n) is 9.76. The lowest BCUT2D eigenvalue weighted by Gasteiger charge is -2.39. The monoisotopic (exact) mass is 805 g/mol. The molecule has 1 atom stereocenters. The summed E-state index contributed by atoms with van der Waals surface area (Å²) < 4.78 is 4.22. The fourth-order valence-corrected chi connectivity index (χ4v) is 9.76. The molecule has 0 N–H and O–H groups in total. The summed E-state index contributed by atoms with van der Waals surface area (Å²) in [5, 5.41) is 0. The van der Waals surface area contributed by atoms with Crippen molar-refractivity contribution in [3.05, 3.63) is 247 Å². The van der Waals surface area contributed by atoms with Gasteiger partial charge in [0.2, 0.25) is 6.33 Å². The molecule has 0 radical (unpaired) electrons. The van der Waals surface area contributed by atoms with Crippen molar-refractivity contribution in [2.24, 2.45) is 7.05 Å². The Balaban J connectivity index is 0.971. The summed E-state index contributed by atoms with van der Waals surface area (Å²) in [6.07, 6.45) is 20.3. The summed E-state index contributed by atoms with van der Waals surface area (Å²) in [7, 11) is 2.05. The molecule has 8 aromatic rings. The summed E-state index contributed by atoms with van der Waals surface area (Å²) in [6.45, 7) is 0. The minimum Gasteiger partial charge on any atom is -0.311 e. The van der Waals surface area contributed by atoms with E-state index in [9.17, 15) is 0 Å². The van der Waals surface area contributed by atoms with Crippen LogP contribution in [0.2, 0.25) is 0 Å². The van der Waals surface area contributed by atoms with Crippen molar-refractivity contribution < 1.29 is 4.57 Å². The molecular formula is C58H53N4+. The van der Waals surface area contributed by atoms with E-state index in [1.165, 1.54) is 64.2 Å². The molecule has 1 fully saturated rings. The Bertz CT molecular complexity index is 2760. The number of rotatable bonds is 11. The second kappa shape index (κ2) is 17.4. The molecule has 4 heteroatoms. The number of hydrogen-bond acceptors (Lipinski definition) is 2. The Morgan fingerprint density at radius 3 is 1.56 bits per heavy atom. The number of aromatic nitrogens is 2. The van der Waals surface area contributed by atoms with Crippen molar-refractivity contribution in [2.45, 2.75) is 49.9 Å². The topological polar surface area (TPSA) is 15.3 Å². The molecule has 1 unspecified atom stereocenters. The van der Waals surface area contributed by atoms with Gasteiger partial charge < -0.3 is 9.80 Å². The van der Waals surface area contributed by atoms with Crippen molar-refractivity contribution in [1.82, 2.24) is 4.57 Å². The molecule has 2 aliphatic carbocycles. The van der Waals surface area contributed by atoms with Crippen LogP contribution in [-0.2, 0) is 12.5 Å². The van der Waals surface area contributed by atoms with Crippen LogP contribution in [0.3, 0.4) is 0 Å². The third-order valence-electron chi connectivity index (χ3n) is 13.1. The van der Waals surface area contributed by atoms with Gasteiger partial charge in [-0.05, 0) is 126 Å².